The predicted octanol–water partition coefficient (Wildman–Crippen LogP) is 4.83. The SMILES string of the molecule is CCCCCCc1ccc(C(=O)OC2CN(C)C(=O)N2c2nnc(SCC)s2)cc1. The number of thioether (sulfide) groups is 1. The number of hydrogen-bond donors (Lipinski definition) is 0. The zero-order chi connectivity index (χ0) is 21.5. The van der Waals surface area contributed by atoms with Crippen LogP contribution in [-0.2, 0) is 11.2 Å². The number of rotatable bonds is 10. The quantitative estimate of drug-likeness (QED) is 0.224. The van der Waals surface area contributed by atoms with Crippen molar-refractivity contribution in [3.63, 3.8) is 0 Å². The van der Waals surface area contributed by atoms with E-state index in [4.69, 9.17) is 4.74 Å². The minimum absolute atomic E-state index is 0.251. The van der Waals surface area contributed by atoms with Gasteiger partial charge in [0.15, 0.2) is 4.34 Å². The number of esters is 1. The molecule has 3 rings (SSSR count). The number of amides is 2. The van der Waals surface area contributed by atoms with Crippen LogP contribution in [0.2, 0.25) is 0 Å². The van der Waals surface area contributed by atoms with Crippen LogP contribution in [0.3, 0.4) is 0 Å². The van der Waals surface area contributed by atoms with Crippen LogP contribution in [0.25, 0.3) is 0 Å². The van der Waals surface area contributed by atoms with Crippen LogP contribution < -0.4 is 4.90 Å². The van der Waals surface area contributed by atoms with Gasteiger partial charge in [0.05, 0.1) is 12.1 Å². The van der Waals surface area contributed by atoms with E-state index >= 15 is 0 Å². The summed E-state index contributed by atoms with van der Waals surface area (Å²) in [6.07, 6.45) is 5.14. The standard InChI is InChI=1S/C21H28N4O3S2/c1-4-6-7-8-9-15-10-12-16(13-11-15)18(26)28-17-14-24(3)21(27)25(17)19-22-23-20(30-19)29-5-2/h10-13,17H,4-9,14H2,1-3H3. The number of likely N-dealkylation sites (N-methyl/N-ethyl adjacent to an activating group) is 1. The molecular weight excluding hydrogens is 420 g/mol. The first kappa shape index (κ1) is 22.6. The highest BCUT2D eigenvalue weighted by Crippen LogP contribution is 2.32. The maximum atomic E-state index is 12.7. The Morgan fingerprint density at radius 2 is 1.97 bits per heavy atom. The fourth-order valence-corrected chi connectivity index (χ4v) is 5.00. The zero-order valence-corrected chi connectivity index (χ0v) is 19.3. The molecule has 7 nitrogen and oxygen atoms in total. The second kappa shape index (κ2) is 10.8. The van der Waals surface area contributed by atoms with Gasteiger partial charge in [0.2, 0.25) is 11.4 Å². The monoisotopic (exact) mass is 448 g/mol. The molecule has 2 amide bonds. The summed E-state index contributed by atoms with van der Waals surface area (Å²) >= 11 is 2.89. The van der Waals surface area contributed by atoms with E-state index in [0.29, 0.717) is 10.7 Å². The molecular formula is C21H28N4O3S2. The number of nitrogens with zero attached hydrogens (tertiary/aromatic N) is 4. The van der Waals surface area contributed by atoms with Crippen molar-refractivity contribution < 1.29 is 14.3 Å². The first-order valence-corrected chi connectivity index (χ1v) is 12.1. The Hall–Kier alpha value is -2.13. The Balaban J connectivity index is 1.64. The first-order chi connectivity index (χ1) is 14.5. The van der Waals surface area contributed by atoms with Crippen LogP contribution in [0, 0.1) is 0 Å². The molecule has 0 saturated carbocycles. The minimum Gasteiger partial charge on any atom is -0.435 e. The number of unbranched alkanes of at least 4 members (excludes halogenated alkanes) is 3. The molecule has 0 spiro atoms. The van der Waals surface area contributed by atoms with Crippen molar-refractivity contribution in [2.24, 2.45) is 0 Å². The molecule has 1 aliphatic heterocycles. The van der Waals surface area contributed by atoms with Crippen molar-refractivity contribution in [2.45, 2.75) is 56.5 Å². The van der Waals surface area contributed by atoms with Crippen molar-refractivity contribution in [1.29, 1.82) is 0 Å². The molecule has 1 atom stereocenters. The topological polar surface area (TPSA) is 75.6 Å². The summed E-state index contributed by atoms with van der Waals surface area (Å²) in [7, 11) is 1.68. The molecule has 1 unspecified atom stereocenters. The van der Waals surface area contributed by atoms with Crippen molar-refractivity contribution in [3.05, 3.63) is 35.4 Å². The molecule has 1 aliphatic rings. The number of benzene rings is 1. The minimum atomic E-state index is -0.726. The molecule has 2 aromatic rings. The van der Waals surface area contributed by atoms with Crippen LogP contribution in [0.1, 0.15) is 55.5 Å². The summed E-state index contributed by atoms with van der Waals surface area (Å²) in [5.74, 6) is 0.425. The van der Waals surface area contributed by atoms with Crippen LogP contribution in [-0.4, -0.2) is 52.7 Å². The Morgan fingerprint density at radius 1 is 1.20 bits per heavy atom. The normalized spacial score (nSPS) is 16.4. The maximum Gasteiger partial charge on any atom is 0.340 e. The molecule has 1 aromatic carbocycles. The lowest BCUT2D eigenvalue weighted by Crippen LogP contribution is -2.37. The highest BCUT2D eigenvalue weighted by Gasteiger charge is 2.41. The largest absolute Gasteiger partial charge is 0.435 e. The van der Waals surface area contributed by atoms with Crippen molar-refractivity contribution in [1.82, 2.24) is 15.1 Å². The molecule has 1 saturated heterocycles. The summed E-state index contributed by atoms with van der Waals surface area (Å²) in [6, 6.07) is 7.29. The molecule has 0 N–H and O–H groups in total. The maximum absolute atomic E-state index is 12.7. The van der Waals surface area contributed by atoms with E-state index in [9.17, 15) is 9.59 Å². The number of hydrogen-bond acceptors (Lipinski definition) is 7. The predicted molar refractivity (Wildman–Crippen MR) is 120 cm³/mol. The average Bonchev–Trinajstić information content (AvgIpc) is 3.30. The lowest BCUT2D eigenvalue weighted by Gasteiger charge is -2.19. The number of aromatic nitrogens is 2. The van der Waals surface area contributed by atoms with Gasteiger partial charge in [-0.2, -0.15) is 0 Å². The summed E-state index contributed by atoms with van der Waals surface area (Å²) in [5, 5.41) is 8.67. The Morgan fingerprint density at radius 3 is 2.67 bits per heavy atom. The molecule has 2 heterocycles. The summed E-state index contributed by atoms with van der Waals surface area (Å²) in [4.78, 5) is 28.2. The second-order valence-electron chi connectivity index (χ2n) is 7.18. The van der Waals surface area contributed by atoms with E-state index in [2.05, 4.69) is 17.1 Å². The molecule has 1 fully saturated rings. The highest BCUT2D eigenvalue weighted by atomic mass is 32.2. The number of carbonyl (C=O) groups excluding carboxylic acids is 2. The summed E-state index contributed by atoms with van der Waals surface area (Å²) < 4.78 is 6.47. The summed E-state index contributed by atoms with van der Waals surface area (Å²) in [5.41, 5.74) is 1.70. The fourth-order valence-electron chi connectivity index (χ4n) is 3.23. The van der Waals surface area contributed by atoms with Gasteiger partial charge in [0.1, 0.15) is 0 Å². The van der Waals surface area contributed by atoms with E-state index in [1.807, 2.05) is 19.1 Å². The molecule has 162 valence electrons. The van der Waals surface area contributed by atoms with Gasteiger partial charge >= 0.3 is 12.0 Å². The van der Waals surface area contributed by atoms with Gasteiger partial charge in [0, 0.05) is 7.05 Å². The van der Waals surface area contributed by atoms with Crippen LogP contribution in [0.5, 0.6) is 0 Å². The van der Waals surface area contributed by atoms with Gasteiger partial charge in [-0.1, -0.05) is 68.3 Å². The lowest BCUT2D eigenvalue weighted by molar-refractivity contribution is 0.0331. The average molecular weight is 449 g/mol. The van der Waals surface area contributed by atoms with Crippen LogP contribution >= 0.6 is 23.1 Å². The highest BCUT2D eigenvalue weighted by molar-refractivity contribution is 8.01. The van der Waals surface area contributed by atoms with Crippen molar-refractivity contribution in [3.8, 4) is 0 Å². The molecule has 1 aromatic heterocycles. The Bertz CT molecular complexity index is 856. The molecule has 0 radical (unpaired) electrons. The Labute approximate surface area is 185 Å². The van der Waals surface area contributed by atoms with Crippen molar-refractivity contribution in [2.75, 3.05) is 24.2 Å². The lowest BCUT2D eigenvalue weighted by atomic mass is 10.0. The molecule has 0 aliphatic carbocycles. The van der Waals surface area contributed by atoms with E-state index in [0.717, 1.165) is 22.9 Å². The second-order valence-corrected chi connectivity index (χ2v) is 9.65. The van der Waals surface area contributed by atoms with Gasteiger partial charge < -0.3 is 9.64 Å². The summed E-state index contributed by atoms with van der Waals surface area (Å²) in [6.45, 7) is 4.52. The number of anilines is 1. The third-order valence-electron chi connectivity index (χ3n) is 4.87. The third-order valence-corrected chi connectivity index (χ3v) is 6.81. The Kier molecular flexibility index (Phi) is 8.09. The van der Waals surface area contributed by atoms with E-state index in [-0.39, 0.29) is 12.6 Å². The van der Waals surface area contributed by atoms with E-state index < -0.39 is 12.2 Å². The molecule has 0 bridgehead atoms. The number of urea groups is 1. The zero-order valence-electron chi connectivity index (χ0n) is 17.7. The fraction of sp³-hybridized carbons (Fsp3) is 0.524. The number of carbonyl (C=O) groups is 2. The van der Waals surface area contributed by atoms with Crippen LogP contribution in [0.15, 0.2) is 28.6 Å². The van der Waals surface area contributed by atoms with Gasteiger partial charge in [-0.05, 0) is 36.3 Å². The van der Waals surface area contributed by atoms with E-state index in [1.54, 1.807) is 30.9 Å². The third kappa shape index (κ3) is 5.51. The smallest absolute Gasteiger partial charge is 0.340 e. The van der Waals surface area contributed by atoms with Gasteiger partial charge in [-0.3, -0.25) is 0 Å². The number of ether oxygens (including phenoxy) is 1. The van der Waals surface area contributed by atoms with Crippen molar-refractivity contribution >= 4 is 40.2 Å². The number of aryl methyl sites for hydroxylation is 1. The van der Waals surface area contributed by atoms with Crippen LogP contribution in [0.4, 0.5) is 9.93 Å². The van der Waals surface area contributed by atoms with Gasteiger partial charge in [-0.15, -0.1) is 10.2 Å². The molecule has 9 heteroatoms. The van der Waals surface area contributed by atoms with Gasteiger partial charge in [-0.25, -0.2) is 14.5 Å². The van der Waals surface area contributed by atoms with Gasteiger partial charge in [0.25, 0.3) is 0 Å². The van der Waals surface area contributed by atoms with E-state index in [1.165, 1.54) is 46.0 Å². The first-order valence-electron chi connectivity index (χ1n) is 10.3. The molecule has 30 heavy (non-hydrogen) atoms.